The molecule has 3 rings (SSSR count). The van der Waals surface area contributed by atoms with Gasteiger partial charge in [-0.25, -0.2) is 14.4 Å². The minimum absolute atomic E-state index is 0.0531. The van der Waals surface area contributed by atoms with Gasteiger partial charge in [0.25, 0.3) is 0 Å². The molecule has 0 aliphatic heterocycles. The number of halogens is 2. The van der Waals surface area contributed by atoms with Crippen molar-refractivity contribution in [1.82, 2.24) is 14.5 Å². The average Bonchev–Trinajstić information content (AvgIpc) is 3.01. The van der Waals surface area contributed by atoms with Gasteiger partial charge in [0.05, 0.1) is 17.1 Å². The Balaban J connectivity index is 2.16. The van der Waals surface area contributed by atoms with Crippen LogP contribution in [-0.2, 0) is 6.42 Å². The van der Waals surface area contributed by atoms with E-state index in [9.17, 15) is 4.39 Å². The molecule has 0 fully saturated rings. The summed E-state index contributed by atoms with van der Waals surface area (Å²) in [5.41, 5.74) is 2.59. The summed E-state index contributed by atoms with van der Waals surface area (Å²) in [5.74, 6) is 1.07. The number of rotatable bonds is 4. The van der Waals surface area contributed by atoms with Crippen LogP contribution in [0.2, 0.25) is 0 Å². The van der Waals surface area contributed by atoms with Crippen molar-refractivity contribution in [2.24, 2.45) is 0 Å². The zero-order valence-electron chi connectivity index (χ0n) is 11.8. The Morgan fingerprint density at radius 1 is 1.38 bits per heavy atom. The molecule has 2 heterocycles. The highest BCUT2D eigenvalue weighted by Gasteiger charge is 2.19. The molecule has 0 aliphatic rings. The molecule has 1 unspecified atom stereocenters. The third kappa shape index (κ3) is 2.68. The van der Waals surface area contributed by atoms with Gasteiger partial charge in [-0.3, -0.25) is 0 Å². The Labute approximate surface area is 131 Å². The molecule has 6 heteroatoms. The lowest BCUT2D eigenvalue weighted by atomic mass is 10.2. The number of hydrogen-bond acceptors (Lipinski definition) is 3. The van der Waals surface area contributed by atoms with Crippen LogP contribution in [0.5, 0.6) is 0 Å². The zero-order valence-corrected chi connectivity index (χ0v) is 13.4. The molecule has 2 aromatic heterocycles. The number of nitrogens with zero attached hydrogens (tertiary/aromatic N) is 3. The van der Waals surface area contributed by atoms with Crippen molar-refractivity contribution in [3.8, 4) is 0 Å². The van der Waals surface area contributed by atoms with Crippen molar-refractivity contribution in [3.05, 3.63) is 45.9 Å². The first-order valence-electron chi connectivity index (χ1n) is 6.74. The SMILES string of the molecule is Cc1csc(C(C)n2c(CCCl)nc3cc(F)ccc32)n1. The Hall–Kier alpha value is -1.46. The first-order chi connectivity index (χ1) is 10.1. The van der Waals surface area contributed by atoms with E-state index in [-0.39, 0.29) is 11.9 Å². The van der Waals surface area contributed by atoms with Crippen LogP contribution in [0, 0.1) is 12.7 Å². The fourth-order valence-electron chi connectivity index (χ4n) is 2.49. The summed E-state index contributed by atoms with van der Waals surface area (Å²) < 4.78 is 15.5. The summed E-state index contributed by atoms with van der Waals surface area (Å²) >= 11 is 7.51. The van der Waals surface area contributed by atoms with Gasteiger partial charge < -0.3 is 4.57 Å². The number of thiazole rings is 1. The smallest absolute Gasteiger partial charge is 0.125 e. The van der Waals surface area contributed by atoms with Crippen LogP contribution in [0.1, 0.15) is 29.5 Å². The number of aromatic nitrogens is 3. The fourth-order valence-corrected chi connectivity index (χ4v) is 3.50. The summed E-state index contributed by atoms with van der Waals surface area (Å²) in [6.07, 6.45) is 0.645. The van der Waals surface area contributed by atoms with Crippen molar-refractivity contribution < 1.29 is 4.39 Å². The highest BCUT2D eigenvalue weighted by molar-refractivity contribution is 7.09. The summed E-state index contributed by atoms with van der Waals surface area (Å²) in [6.45, 7) is 4.06. The summed E-state index contributed by atoms with van der Waals surface area (Å²) in [5, 5.41) is 3.05. The minimum Gasteiger partial charge on any atom is -0.318 e. The quantitative estimate of drug-likeness (QED) is 0.669. The molecular formula is C15H15ClFN3S. The normalized spacial score (nSPS) is 13.0. The maximum Gasteiger partial charge on any atom is 0.125 e. The monoisotopic (exact) mass is 323 g/mol. The second-order valence-electron chi connectivity index (χ2n) is 4.97. The van der Waals surface area contributed by atoms with Gasteiger partial charge in [-0.2, -0.15) is 0 Å². The second kappa shape index (κ2) is 5.73. The van der Waals surface area contributed by atoms with Crippen molar-refractivity contribution in [2.45, 2.75) is 26.3 Å². The molecule has 110 valence electrons. The summed E-state index contributed by atoms with van der Waals surface area (Å²) in [4.78, 5) is 9.09. The van der Waals surface area contributed by atoms with Crippen LogP contribution in [-0.4, -0.2) is 20.4 Å². The second-order valence-corrected chi connectivity index (χ2v) is 6.24. The van der Waals surface area contributed by atoms with Gasteiger partial charge in [0.1, 0.15) is 16.6 Å². The van der Waals surface area contributed by atoms with E-state index in [4.69, 9.17) is 11.6 Å². The Kier molecular flexibility index (Phi) is 3.95. The number of alkyl halides is 1. The molecule has 0 N–H and O–H groups in total. The average molecular weight is 324 g/mol. The lowest BCUT2D eigenvalue weighted by Gasteiger charge is -2.15. The molecule has 0 aliphatic carbocycles. The maximum absolute atomic E-state index is 13.4. The summed E-state index contributed by atoms with van der Waals surface area (Å²) in [7, 11) is 0. The molecule has 0 radical (unpaired) electrons. The van der Waals surface area contributed by atoms with Crippen LogP contribution in [0.25, 0.3) is 11.0 Å². The van der Waals surface area contributed by atoms with Gasteiger partial charge in [0, 0.05) is 29.4 Å². The predicted molar refractivity (Wildman–Crippen MR) is 84.8 cm³/mol. The van der Waals surface area contributed by atoms with Crippen LogP contribution < -0.4 is 0 Å². The van der Waals surface area contributed by atoms with Crippen molar-refractivity contribution >= 4 is 34.0 Å². The lowest BCUT2D eigenvalue weighted by Crippen LogP contribution is -2.11. The van der Waals surface area contributed by atoms with E-state index >= 15 is 0 Å². The molecule has 3 aromatic rings. The van der Waals surface area contributed by atoms with Crippen LogP contribution in [0.15, 0.2) is 23.6 Å². The number of imidazole rings is 1. The summed E-state index contributed by atoms with van der Waals surface area (Å²) in [6, 6.07) is 4.75. The lowest BCUT2D eigenvalue weighted by molar-refractivity contribution is 0.617. The highest BCUT2D eigenvalue weighted by Crippen LogP contribution is 2.28. The number of benzene rings is 1. The topological polar surface area (TPSA) is 30.7 Å². The van der Waals surface area contributed by atoms with Crippen molar-refractivity contribution in [3.63, 3.8) is 0 Å². The van der Waals surface area contributed by atoms with E-state index in [2.05, 4.69) is 21.5 Å². The third-order valence-corrected chi connectivity index (χ3v) is 4.75. The first kappa shape index (κ1) is 14.5. The molecule has 3 nitrogen and oxygen atoms in total. The van der Waals surface area contributed by atoms with Crippen LogP contribution in [0.4, 0.5) is 4.39 Å². The molecule has 0 saturated carbocycles. The van der Waals surface area contributed by atoms with Crippen LogP contribution in [0.3, 0.4) is 0 Å². The Morgan fingerprint density at radius 2 is 2.19 bits per heavy atom. The number of aryl methyl sites for hydroxylation is 2. The molecule has 1 aromatic carbocycles. The first-order valence-corrected chi connectivity index (χ1v) is 8.16. The fraction of sp³-hybridized carbons (Fsp3) is 0.333. The number of fused-ring (bicyclic) bond motifs is 1. The molecule has 21 heavy (non-hydrogen) atoms. The largest absolute Gasteiger partial charge is 0.318 e. The maximum atomic E-state index is 13.4. The van der Waals surface area contributed by atoms with E-state index in [0.29, 0.717) is 17.8 Å². The van der Waals surface area contributed by atoms with E-state index < -0.39 is 0 Å². The molecule has 0 spiro atoms. The van der Waals surface area contributed by atoms with Gasteiger partial charge in [-0.05, 0) is 26.0 Å². The van der Waals surface area contributed by atoms with Gasteiger partial charge in [-0.1, -0.05) is 0 Å². The van der Waals surface area contributed by atoms with Crippen LogP contribution >= 0.6 is 22.9 Å². The molecule has 1 atom stereocenters. The molecular weight excluding hydrogens is 309 g/mol. The highest BCUT2D eigenvalue weighted by atomic mass is 35.5. The molecule has 0 amide bonds. The number of hydrogen-bond donors (Lipinski definition) is 0. The van der Waals surface area contributed by atoms with E-state index in [1.54, 1.807) is 17.4 Å². The van der Waals surface area contributed by atoms with Gasteiger partial charge in [0.2, 0.25) is 0 Å². The van der Waals surface area contributed by atoms with Gasteiger partial charge in [-0.15, -0.1) is 22.9 Å². The third-order valence-electron chi connectivity index (χ3n) is 3.42. The molecule has 0 saturated heterocycles. The van der Waals surface area contributed by atoms with Crippen molar-refractivity contribution in [1.29, 1.82) is 0 Å². The van der Waals surface area contributed by atoms with Gasteiger partial charge in [0.15, 0.2) is 0 Å². The molecule has 0 bridgehead atoms. The van der Waals surface area contributed by atoms with Crippen molar-refractivity contribution in [2.75, 3.05) is 5.88 Å². The predicted octanol–water partition coefficient (Wildman–Crippen LogP) is 4.33. The van der Waals surface area contributed by atoms with E-state index in [1.807, 2.05) is 12.3 Å². The van der Waals surface area contributed by atoms with E-state index in [0.717, 1.165) is 22.0 Å². The Morgan fingerprint density at radius 3 is 2.86 bits per heavy atom. The standard InChI is InChI=1S/C15H15ClFN3S/c1-9-8-21-15(18-9)10(2)20-13-4-3-11(17)7-12(13)19-14(20)5-6-16/h3-4,7-8,10H,5-6H2,1-2H3. The Bertz CT molecular complexity index is 780. The minimum atomic E-state index is -0.276. The van der Waals surface area contributed by atoms with Gasteiger partial charge >= 0.3 is 0 Å². The van der Waals surface area contributed by atoms with E-state index in [1.165, 1.54) is 12.1 Å². The zero-order chi connectivity index (χ0) is 15.0.